The van der Waals surface area contributed by atoms with Crippen LogP contribution in [0.2, 0.25) is 0 Å². The second-order valence-electron chi connectivity index (χ2n) is 4.27. The van der Waals surface area contributed by atoms with E-state index >= 15 is 0 Å². The van der Waals surface area contributed by atoms with E-state index in [1.165, 1.54) is 18.4 Å². The third-order valence-electron chi connectivity index (χ3n) is 2.67. The molecule has 1 heterocycles. The van der Waals surface area contributed by atoms with Crippen LogP contribution in [-0.4, -0.2) is 49.1 Å². The maximum absolute atomic E-state index is 11.6. The number of nitrogens with zero attached hydrogens (tertiary/aromatic N) is 3. The minimum Gasteiger partial charge on any atom is -0.368 e. The summed E-state index contributed by atoms with van der Waals surface area (Å²) in [5, 5.41) is 2.97. The molecule has 6 nitrogen and oxygen atoms in total. The topological polar surface area (TPSA) is 75.2 Å². The van der Waals surface area contributed by atoms with Gasteiger partial charge in [-0.15, -0.1) is 0 Å². The zero-order chi connectivity index (χ0) is 13.9. The van der Waals surface area contributed by atoms with Crippen molar-refractivity contribution in [2.45, 2.75) is 0 Å². The van der Waals surface area contributed by atoms with E-state index in [4.69, 9.17) is 0 Å². The largest absolute Gasteiger partial charge is 0.368 e. The first kappa shape index (κ1) is 13.7. The van der Waals surface area contributed by atoms with Crippen molar-refractivity contribution >= 4 is 26.9 Å². The Hall–Kier alpha value is -1.73. The van der Waals surface area contributed by atoms with E-state index in [0.717, 1.165) is 11.0 Å². The fourth-order valence-electron chi connectivity index (χ4n) is 1.53. The smallest absolute Gasteiger partial charge is 0.215 e. The first-order valence-corrected chi connectivity index (χ1v) is 7.46. The summed E-state index contributed by atoms with van der Waals surface area (Å²) >= 11 is 0. The molecular formula is C12H16N4O2S. The number of anilines is 1. The molecule has 102 valence electrons. The van der Waals surface area contributed by atoms with Crippen LogP contribution in [0.25, 0.3) is 11.0 Å². The van der Waals surface area contributed by atoms with Crippen molar-refractivity contribution in [3.05, 3.63) is 30.5 Å². The lowest BCUT2D eigenvalue weighted by atomic mass is 10.3. The van der Waals surface area contributed by atoms with E-state index < -0.39 is 10.0 Å². The zero-order valence-corrected chi connectivity index (χ0v) is 11.7. The summed E-state index contributed by atoms with van der Waals surface area (Å²) in [6.45, 7) is 0.299. The van der Waals surface area contributed by atoms with E-state index in [-0.39, 0.29) is 5.75 Å². The molecule has 19 heavy (non-hydrogen) atoms. The van der Waals surface area contributed by atoms with Crippen molar-refractivity contribution < 1.29 is 8.42 Å². The van der Waals surface area contributed by atoms with Gasteiger partial charge in [0, 0.05) is 20.6 Å². The molecule has 0 saturated heterocycles. The minimum atomic E-state index is -3.19. The Morgan fingerprint density at radius 1 is 1.21 bits per heavy atom. The molecule has 1 aromatic heterocycles. The average molecular weight is 280 g/mol. The van der Waals surface area contributed by atoms with Gasteiger partial charge in [0.15, 0.2) is 0 Å². The first-order chi connectivity index (χ1) is 8.99. The predicted molar refractivity (Wildman–Crippen MR) is 75.5 cm³/mol. The lowest BCUT2D eigenvalue weighted by Gasteiger charge is -2.11. The molecular weight excluding hydrogens is 264 g/mol. The molecule has 0 aliphatic heterocycles. The van der Waals surface area contributed by atoms with Crippen LogP contribution < -0.4 is 5.32 Å². The van der Waals surface area contributed by atoms with Gasteiger partial charge in [-0.3, -0.25) is 4.98 Å². The Bertz CT molecular complexity index is 670. The molecule has 7 heteroatoms. The summed E-state index contributed by atoms with van der Waals surface area (Å²) in [6, 6.07) is 7.53. The van der Waals surface area contributed by atoms with Gasteiger partial charge in [0.1, 0.15) is 5.82 Å². The summed E-state index contributed by atoms with van der Waals surface area (Å²) in [5.41, 5.74) is 1.59. The molecule has 1 aromatic carbocycles. The van der Waals surface area contributed by atoms with E-state index in [2.05, 4.69) is 15.3 Å². The number of fused-ring (bicyclic) bond motifs is 1. The minimum absolute atomic E-state index is 0.0223. The van der Waals surface area contributed by atoms with Crippen LogP contribution in [-0.2, 0) is 10.0 Å². The molecule has 0 aliphatic carbocycles. The van der Waals surface area contributed by atoms with Crippen LogP contribution >= 0.6 is 0 Å². The average Bonchev–Trinajstić information content (AvgIpc) is 2.38. The van der Waals surface area contributed by atoms with Crippen LogP contribution in [0, 0.1) is 0 Å². The second-order valence-corrected chi connectivity index (χ2v) is 6.57. The summed E-state index contributed by atoms with van der Waals surface area (Å²) in [7, 11) is -0.150. The summed E-state index contributed by atoms with van der Waals surface area (Å²) in [5.74, 6) is 0.599. The van der Waals surface area contributed by atoms with Crippen molar-refractivity contribution in [2.75, 3.05) is 31.7 Å². The van der Waals surface area contributed by atoms with Gasteiger partial charge < -0.3 is 5.32 Å². The highest BCUT2D eigenvalue weighted by molar-refractivity contribution is 7.89. The van der Waals surface area contributed by atoms with Gasteiger partial charge in [0.2, 0.25) is 10.0 Å². The standard InChI is InChI=1S/C12H16N4O2S/c1-16(2)19(17,18)8-7-13-12-9-14-10-5-3-4-6-11(10)15-12/h3-6,9H,7-8H2,1-2H3,(H,13,15). The molecule has 0 spiro atoms. The van der Waals surface area contributed by atoms with Gasteiger partial charge in [-0.25, -0.2) is 17.7 Å². The van der Waals surface area contributed by atoms with Crippen molar-refractivity contribution in [2.24, 2.45) is 0 Å². The zero-order valence-electron chi connectivity index (χ0n) is 10.9. The number of aromatic nitrogens is 2. The van der Waals surface area contributed by atoms with Gasteiger partial charge >= 0.3 is 0 Å². The van der Waals surface area contributed by atoms with Crippen molar-refractivity contribution in [3.8, 4) is 0 Å². The summed E-state index contributed by atoms with van der Waals surface area (Å²) in [6.07, 6.45) is 1.60. The molecule has 0 unspecified atom stereocenters. The number of benzene rings is 1. The molecule has 2 aromatic rings. The lowest BCUT2D eigenvalue weighted by molar-refractivity contribution is 0.521. The Morgan fingerprint density at radius 3 is 2.58 bits per heavy atom. The molecule has 0 saturated carbocycles. The molecule has 0 bridgehead atoms. The molecule has 0 fully saturated rings. The molecule has 1 N–H and O–H groups in total. The van der Waals surface area contributed by atoms with Crippen LogP contribution in [0.1, 0.15) is 0 Å². The molecule has 2 rings (SSSR count). The third-order valence-corrected chi connectivity index (χ3v) is 4.50. The molecule has 0 radical (unpaired) electrons. The third kappa shape index (κ3) is 3.39. The van der Waals surface area contributed by atoms with Crippen LogP contribution in [0.4, 0.5) is 5.82 Å². The SMILES string of the molecule is CN(C)S(=O)(=O)CCNc1cnc2ccccc2n1. The highest BCUT2D eigenvalue weighted by Crippen LogP contribution is 2.11. The maximum atomic E-state index is 11.6. The lowest BCUT2D eigenvalue weighted by Crippen LogP contribution is -2.28. The van der Waals surface area contributed by atoms with E-state index in [9.17, 15) is 8.42 Å². The van der Waals surface area contributed by atoms with Gasteiger partial charge in [-0.1, -0.05) is 12.1 Å². The summed E-state index contributed by atoms with van der Waals surface area (Å²) in [4.78, 5) is 8.60. The maximum Gasteiger partial charge on any atom is 0.215 e. The Kier molecular flexibility index (Phi) is 3.96. The van der Waals surface area contributed by atoms with Crippen molar-refractivity contribution in [1.82, 2.24) is 14.3 Å². The molecule has 0 atom stereocenters. The fraction of sp³-hybridized carbons (Fsp3) is 0.333. The van der Waals surface area contributed by atoms with E-state index in [1.807, 2.05) is 24.3 Å². The number of nitrogens with one attached hydrogen (secondary N) is 1. The Balaban J connectivity index is 2.03. The van der Waals surface area contributed by atoms with Crippen molar-refractivity contribution in [3.63, 3.8) is 0 Å². The number of sulfonamides is 1. The van der Waals surface area contributed by atoms with Crippen LogP contribution in [0.15, 0.2) is 30.5 Å². The van der Waals surface area contributed by atoms with Crippen LogP contribution in [0.3, 0.4) is 0 Å². The Labute approximate surface area is 112 Å². The number of para-hydroxylation sites is 2. The monoisotopic (exact) mass is 280 g/mol. The highest BCUT2D eigenvalue weighted by atomic mass is 32.2. The van der Waals surface area contributed by atoms with E-state index in [1.54, 1.807) is 6.20 Å². The number of rotatable bonds is 5. The fourth-order valence-corrected chi connectivity index (χ4v) is 2.26. The van der Waals surface area contributed by atoms with Crippen LogP contribution in [0.5, 0.6) is 0 Å². The normalized spacial score (nSPS) is 11.9. The number of hydrogen-bond donors (Lipinski definition) is 1. The van der Waals surface area contributed by atoms with E-state index in [0.29, 0.717) is 12.4 Å². The molecule has 0 aliphatic rings. The van der Waals surface area contributed by atoms with Gasteiger partial charge in [0.05, 0.1) is 23.0 Å². The van der Waals surface area contributed by atoms with Crippen molar-refractivity contribution in [1.29, 1.82) is 0 Å². The highest BCUT2D eigenvalue weighted by Gasteiger charge is 2.12. The first-order valence-electron chi connectivity index (χ1n) is 5.85. The van der Waals surface area contributed by atoms with Gasteiger partial charge in [-0.2, -0.15) is 0 Å². The second kappa shape index (κ2) is 5.50. The quantitative estimate of drug-likeness (QED) is 0.882. The van der Waals surface area contributed by atoms with Gasteiger partial charge in [-0.05, 0) is 12.1 Å². The van der Waals surface area contributed by atoms with Gasteiger partial charge in [0.25, 0.3) is 0 Å². The number of hydrogen-bond acceptors (Lipinski definition) is 5. The summed E-state index contributed by atoms with van der Waals surface area (Å²) < 4.78 is 24.4. The molecule has 0 amide bonds. The Morgan fingerprint density at radius 2 is 1.89 bits per heavy atom. The predicted octanol–water partition coefficient (Wildman–Crippen LogP) is 0.933.